The highest BCUT2D eigenvalue weighted by molar-refractivity contribution is 6.32. The number of carbonyl (C=O) groups is 1. The lowest BCUT2D eigenvalue weighted by atomic mass is 10.1. The second-order valence-corrected chi connectivity index (χ2v) is 4.96. The van der Waals surface area contributed by atoms with Crippen molar-refractivity contribution in [1.82, 2.24) is 10.2 Å². The standard InChI is InChI=1S/C15H23ClN2O2/c1-5-18(6-2)15(19)10-20-14-8-7-12(9-13(14)16)11(3)17-4/h7-9,11,17H,5-6,10H2,1-4H3. The van der Waals surface area contributed by atoms with Gasteiger partial charge in [0.05, 0.1) is 5.02 Å². The maximum atomic E-state index is 11.9. The number of hydrogen-bond acceptors (Lipinski definition) is 3. The van der Waals surface area contributed by atoms with Gasteiger partial charge in [0.2, 0.25) is 0 Å². The molecular formula is C15H23ClN2O2. The third-order valence-electron chi connectivity index (χ3n) is 3.36. The summed E-state index contributed by atoms with van der Waals surface area (Å²) in [5.74, 6) is 0.512. The van der Waals surface area contributed by atoms with E-state index in [1.54, 1.807) is 11.0 Å². The predicted octanol–water partition coefficient (Wildman–Crippen LogP) is 2.87. The van der Waals surface area contributed by atoms with Crippen molar-refractivity contribution in [1.29, 1.82) is 0 Å². The highest BCUT2D eigenvalue weighted by atomic mass is 35.5. The molecule has 1 N–H and O–H groups in total. The zero-order valence-corrected chi connectivity index (χ0v) is 13.3. The molecule has 1 atom stereocenters. The van der Waals surface area contributed by atoms with Crippen molar-refractivity contribution in [2.24, 2.45) is 0 Å². The van der Waals surface area contributed by atoms with Crippen molar-refractivity contribution in [2.45, 2.75) is 26.8 Å². The number of nitrogens with one attached hydrogen (secondary N) is 1. The molecule has 0 aliphatic rings. The molecule has 0 saturated heterocycles. The van der Waals surface area contributed by atoms with Gasteiger partial charge in [-0.3, -0.25) is 4.79 Å². The molecular weight excluding hydrogens is 276 g/mol. The number of halogens is 1. The Balaban J connectivity index is 2.67. The molecule has 0 heterocycles. The molecule has 1 unspecified atom stereocenters. The van der Waals surface area contributed by atoms with Crippen molar-refractivity contribution in [2.75, 3.05) is 26.7 Å². The fourth-order valence-corrected chi connectivity index (χ4v) is 2.12. The fraction of sp³-hybridized carbons (Fsp3) is 0.533. The third kappa shape index (κ3) is 4.39. The van der Waals surface area contributed by atoms with Crippen LogP contribution in [-0.4, -0.2) is 37.6 Å². The number of benzene rings is 1. The molecule has 0 aromatic heterocycles. The molecule has 0 aliphatic heterocycles. The van der Waals surface area contributed by atoms with Crippen LogP contribution in [0.4, 0.5) is 0 Å². The highest BCUT2D eigenvalue weighted by Crippen LogP contribution is 2.27. The quantitative estimate of drug-likeness (QED) is 0.841. The van der Waals surface area contributed by atoms with E-state index in [1.165, 1.54) is 0 Å². The first-order valence-electron chi connectivity index (χ1n) is 6.90. The topological polar surface area (TPSA) is 41.6 Å². The summed E-state index contributed by atoms with van der Waals surface area (Å²) in [6, 6.07) is 5.84. The van der Waals surface area contributed by atoms with Gasteiger partial charge in [-0.05, 0) is 45.5 Å². The van der Waals surface area contributed by atoms with E-state index in [-0.39, 0.29) is 18.6 Å². The van der Waals surface area contributed by atoms with E-state index >= 15 is 0 Å². The van der Waals surface area contributed by atoms with Crippen LogP contribution in [0.3, 0.4) is 0 Å². The Morgan fingerprint density at radius 2 is 2.05 bits per heavy atom. The molecule has 1 rings (SSSR count). The number of likely N-dealkylation sites (N-methyl/N-ethyl adjacent to an activating group) is 1. The van der Waals surface area contributed by atoms with Crippen molar-refractivity contribution in [3.05, 3.63) is 28.8 Å². The SMILES string of the molecule is CCN(CC)C(=O)COc1ccc(C(C)NC)cc1Cl. The lowest BCUT2D eigenvalue weighted by Gasteiger charge is -2.19. The number of rotatable bonds is 7. The molecule has 0 radical (unpaired) electrons. The van der Waals surface area contributed by atoms with Crippen molar-refractivity contribution < 1.29 is 9.53 Å². The average molecular weight is 299 g/mol. The maximum absolute atomic E-state index is 11.9. The van der Waals surface area contributed by atoms with Gasteiger partial charge in [-0.25, -0.2) is 0 Å². The lowest BCUT2D eigenvalue weighted by molar-refractivity contribution is -0.132. The van der Waals surface area contributed by atoms with Gasteiger partial charge in [0.15, 0.2) is 6.61 Å². The van der Waals surface area contributed by atoms with Crippen LogP contribution < -0.4 is 10.1 Å². The second-order valence-electron chi connectivity index (χ2n) is 4.55. The van der Waals surface area contributed by atoms with E-state index in [0.29, 0.717) is 23.9 Å². The van der Waals surface area contributed by atoms with Crippen LogP contribution in [0.5, 0.6) is 5.75 Å². The van der Waals surface area contributed by atoms with Crippen LogP contribution in [-0.2, 0) is 4.79 Å². The monoisotopic (exact) mass is 298 g/mol. The summed E-state index contributed by atoms with van der Waals surface area (Å²) in [7, 11) is 1.89. The van der Waals surface area contributed by atoms with Crippen LogP contribution in [0.25, 0.3) is 0 Å². The van der Waals surface area contributed by atoms with Crippen LogP contribution in [0.1, 0.15) is 32.4 Å². The molecule has 20 heavy (non-hydrogen) atoms. The summed E-state index contributed by atoms with van der Waals surface area (Å²) in [6.07, 6.45) is 0. The summed E-state index contributed by atoms with van der Waals surface area (Å²) in [6.45, 7) is 7.33. The summed E-state index contributed by atoms with van der Waals surface area (Å²) in [4.78, 5) is 13.6. The van der Waals surface area contributed by atoms with Crippen molar-refractivity contribution in [3.8, 4) is 5.75 Å². The molecule has 0 fully saturated rings. The Hall–Kier alpha value is -1.26. The van der Waals surface area contributed by atoms with E-state index in [1.807, 2.05) is 33.0 Å². The van der Waals surface area contributed by atoms with E-state index in [2.05, 4.69) is 12.2 Å². The first kappa shape index (κ1) is 16.8. The van der Waals surface area contributed by atoms with Gasteiger partial charge in [0, 0.05) is 19.1 Å². The van der Waals surface area contributed by atoms with E-state index < -0.39 is 0 Å². The Morgan fingerprint density at radius 3 is 2.55 bits per heavy atom. The van der Waals surface area contributed by atoms with Gasteiger partial charge in [-0.15, -0.1) is 0 Å². The Morgan fingerprint density at radius 1 is 1.40 bits per heavy atom. The molecule has 0 bridgehead atoms. The van der Waals surface area contributed by atoms with Crippen LogP contribution >= 0.6 is 11.6 Å². The highest BCUT2D eigenvalue weighted by Gasteiger charge is 2.12. The molecule has 0 spiro atoms. The Labute approximate surface area is 126 Å². The minimum Gasteiger partial charge on any atom is -0.482 e. The molecule has 0 aliphatic carbocycles. The first-order valence-corrected chi connectivity index (χ1v) is 7.28. The van der Waals surface area contributed by atoms with Gasteiger partial charge >= 0.3 is 0 Å². The molecule has 1 aromatic rings. The van der Waals surface area contributed by atoms with Crippen LogP contribution in [0.2, 0.25) is 5.02 Å². The Kier molecular flexibility index (Phi) is 6.82. The van der Waals surface area contributed by atoms with Gasteiger partial charge in [0.1, 0.15) is 5.75 Å². The fourth-order valence-electron chi connectivity index (χ4n) is 1.88. The second kappa shape index (κ2) is 8.12. The lowest BCUT2D eigenvalue weighted by Crippen LogP contribution is -2.34. The molecule has 4 nitrogen and oxygen atoms in total. The molecule has 0 saturated carbocycles. The zero-order valence-electron chi connectivity index (χ0n) is 12.6. The van der Waals surface area contributed by atoms with Crippen LogP contribution in [0.15, 0.2) is 18.2 Å². The smallest absolute Gasteiger partial charge is 0.260 e. The summed E-state index contributed by atoms with van der Waals surface area (Å²) >= 11 is 6.18. The van der Waals surface area contributed by atoms with E-state index in [0.717, 1.165) is 5.56 Å². The third-order valence-corrected chi connectivity index (χ3v) is 3.65. The average Bonchev–Trinajstić information content (AvgIpc) is 2.46. The molecule has 5 heteroatoms. The van der Waals surface area contributed by atoms with Gasteiger partial charge < -0.3 is 15.0 Å². The summed E-state index contributed by atoms with van der Waals surface area (Å²) in [5, 5.41) is 3.67. The number of ether oxygens (including phenoxy) is 1. The Bertz CT molecular complexity index is 447. The first-order chi connectivity index (χ1) is 9.53. The van der Waals surface area contributed by atoms with Gasteiger partial charge in [0.25, 0.3) is 5.91 Å². The number of amides is 1. The molecule has 1 aromatic carbocycles. The minimum atomic E-state index is -0.0289. The number of carbonyl (C=O) groups excluding carboxylic acids is 1. The predicted molar refractivity (Wildman–Crippen MR) is 82.3 cm³/mol. The molecule has 112 valence electrons. The van der Waals surface area contributed by atoms with Crippen molar-refractivity contribution in [3.63, 3.8) is 0 Å². The summed E-state index contributed by atoms with van der Waals surface area (Å²) < 4.78 is 5.51. The van der Waals surface area contributed by atoms with Crippen LogP contribution in [0, 0.1) is 0 Å². The maximum Gasteiger partial charge on any atom is 0.260 e. The van der Waals surface area contributed by atoms with E-state index in [9.17, 15) is 4.79 Å². The number of hydrogen-bond donors (Lipinski definition) is 1. The molecule has 1 amide bonds. The summed E-state index contributed by atoms with van der Waals surface area (Å²) in [5.41, 5.74) is 1.08. The van der Waals surface area contributed by atoms with Gasteiger partial charge in [-0.1, -0.05) is 17.7 Å². The largest absolute Gasteiger partial charge is 0.482 e. The van der Waals surface area contributed by atoms with Gasteiger partial charge in [-0.2, -0.15) is 0 Å². The number of nitrogens with zero attached hydrogens (tertiary/aromatic N) is 1. The normalized spacial score (nSPS) is 12.1. The van der Waals surface area contributed by atoms with Crippen molar-refractivity contribution >= 4 is 17.5 Å². The minimum absolute atomic E-state index is 0.0162. The zero-order chi connectivity index (χ0) is 15.1. The van der Waals surface area contributed by atoms with E-state index in [4.69, 9.17) is 16.3 Å².